The molecule has 0 spiro atoms. The van der Waals surface area contributed by atoms with Gasteiger partial charge in [-0.1, -0.05) is 23.7 Å². The van der Waals surface area contributed by atoms with Crippen LogP contribution in [0.15, 0.2) is 18.2 Å². The average Bonchev–Trinajstić information content (AvgIpc) is 2.39. The van der Waals surface area contributed by atoms with E-state index in [0.717, 1.165) is 17.8 Å². The zero-order valence-electron chi connectivity index (χ0n) is 11.7. The molecular weight excluding hydrogens is 273 g/mol. The van der Waals surface area contributed by atoms with Crippen LogP contribution >= 0.6 is 11.6 Å². The zero-order chi connectivity index (χ0) is 13.7. The first kappa shape index (κ1) is 13.1. The summed E-state index contributed by atoms with van der Waals surface area (Å²) >= 11 is 5.87. The molecule has 0 atom stereocenters. The van der Waals surface area contributed by atoms with E-state index in [4.69, 9.17) is 11.6 Å². The van der Waals surface area contributed by atoms with Crippen molar-refractivity contribution < 1.29 is 4.39 Å². The second kappa shape index (κ2) is 4.71. The number of nitrogens with one attached hydrogen (secondary N) is 1. The monoisotopic (exact) mass is 293 g/mol. The van der Waals surface area contributed by atoms with Crippen LogP contribution in [-0.2, 0) is 6.54 Å². The first-order valence-electron chi connectivity index (χ1n) is 7.81. The SMILES string of the molecule is Fc1c(Cl)cccc1CNC12CC3CC(CC(C3)C1)C2. The van der Waals surface area contributed by atoms with Gasteiger partial charge in [0.25, 0.3) is 0 Å². The predicted octanol–water partition coefficient (Wildman–Crippen LogP) is 4.54. The lowest BCUT2D eigenvalue weighted by atomic mass is 9.53. The molecule has 3 heteroatoms. The normalized spacial score (nSPS) is 38.4. The van der Waals surface area contributed by atoms with Crippen LogP contribution in [0, 0.1) is 23.6 Å². The van der Waals surface area contributed by atoms with Gasteiger partial charge in [0.05, 0.1) is 5.02 Å². The van der Waals surface area contributed by atoms with Crippen molar-refractivity contribution in [1.29, 1.82) is 0 Å². The summed E-state index contributed by atoms with van der Waals surface area (Å²) in [6.45, 7) is 0.610. The minimum absolute atomic E-state index is 0.231. The molecule has 1 N–H and O–H groups in total. The number of rotatable bonds is 3. The lowest BCUT2D eigenvalue weighted by Crippen LogP contribution is -2.58. The van der Waals surface area contributed by atoms with Gasteiger partial charge in [0.1, 0.15) is 5.82 Å². The molecule has 0 radical (unpaired) electrons. The van der Waals surface area contributed by atoms with E-state index in [1.807, 2.05) is 12.1 Å². The van der Waals surface area contributed by atoms with Gasteiger partial charge in [-0.2, -0.15) is 0 Å². The van der Waals surface area contributed by atoms with Crippen LogP contribution in [0.1, 0.15) is 44.1 Å². The van der Waals surface area contributed by atoms with Gasteiger partial charge in [-0.15, -0.1) is 0 Å². The molecule has 0 saturated heterocycles. The molecule has 4 saturated carbocycles. The molecule has 0 aromatic heterocycles. The van der Waals surface area contributed by atoms with Crippen molar-refractivity contribution in [1.82, 2.24) is 5.32 Å². The highest BCUT2D eigenvalue weighted by Gasteiger charge is 2.50. The van der Waals surface area contributed by atoms with Gasteiger partial charge in [-0.05, 0) is 62.3 Å². The van der Waals surface area contributed by atoms with Gasteiger partial charge in [0.15, 0.2) is 0 Å². The second-order valence-corrected chi connectivity index (χ2v) is 7.67. The fraction of sp³-hybridized carbons (Fsp3) is 0.647. The van der Waals surface area contributed by atoms with Crippen molar-refractivity contribution in [2.24, 2.45) is 17.8 Å². The molecule has 1 aromatic rings. The van der Waals surface area contributed by atoms with Crippen LogP contribution in [0.25, 0.3) is 0 Å². The van der Waals surface area contributed by atoms with Crippen molar-refractivity contribution in [3.8, 4) is 0 Å². The molecule has 1 nitrogen and oxygen atoms in total. The van der Waals surface area contributed by atoms with Crippen LogP contribution in [0.3, 0.4) is 0 Å². The molecule has 4 aliphatic rings. The van der Waals surface area contributed by atoms with E-state index < -0.39 is 0 Å². The third-order valence-corrected chi connectivity index (χ3v) is 6.02. The molecule has 108 valence electrons. The smallest absolute Gasteiger partial charge is 0.146 e. The van der Waals surface area contributed by atoms with E-state index in [9.17, 15) is 4.39 Å². The van der Waals surface area contributed by atoms with E-state index in [-0.39, 0.29) is 16.4 Å². The predicted molar refractivity (Wildman–Crippen MR) is 79.2 cm³/mol. The Morgan fingerprint density at radius 1 is 1.10 bits per heavy atom. The molecule has 4 fully saturated rings. The molecule has 1 aromatic carbocycles. The van der Waals surface area contributed by atoms with Crippen LogP contribution < -0.4 is 5.32 Å². The maximum Gasteiger partial charge on any atom is 0.146 e. The maximum absolute atomic E-state index is 14.0. The molecule has 0 unspecified atom stereocenters. The van der Waals surface area contributed by atoms with E-state index in [2.05, 4.69) is 5.32 Å². The third-order valence-electron chi connectivity index (χ3n) is 5.72. The largest absolute Gasteiger partial charge is 0.307 e. The van der Waals surface area contributed by atoms with Crippen molar-refractivity contribution in [3.05, 3.63) is 34.6 Å². The van der Waals surface area contributed by atoms with E-state index in [0.29, 0.717) is 12.1 Å². The van der Waals surface area contributed by atoms with E-state index in [1.54, 1.807) is 6.07 Å². The highest BCUT2D eigenvalue weighted by molar-refractivity contribution is 6.30. The number of halogens is 2. The van der Waals surface area contributed by atoms with Crippen LogP contribution in [0.4, 0.5) is 4.39 Å². The first-order valence-corrected chi connectivity index (χ1v) is 8.19. The quantitative estimate of drug-likeness (QED) is 0.863. The van der Waals surface area contributed by atoms with Gasteiger partial charge in [0, 0.05) is 17.6 Å². The maximum atomic E-state index is 14.0. The summed E-state index contributed by atoms with van der Waals surface area (Å²) < 4.78 is 14.0. The van der Waals surface area contributed by atoms with E-state index >= 15 is 0 Å². The van der Waals surface area contributed by atoms with Crippen LogP contribution in [0.5, 0.6) is 0 Å². The Bertz CT molecular complexity index is 492. The Balaban J connectivity index is 1.50. The number of hydrogen-bond donors (Lipinski definition) is 1. The van der Waals surface area contributed by atoms with Crippen LogP contribution in [-0.4, -0.2) is 5.54 Å². The van der Waals surface area contributed by atoms with Gasteiger partial charge < -0.3 is 5.32 Å². The minimum atomic E-state index is -0.258. The summed E-state index contributed by atoms with van der Waals surface area (Å²) in [6.07, 6.45) is 8.19. The molecule has 0 amide bonds. The van der Waals surface area contributed by atoms with Gasteiger partial charge in [0.2, 0.25) is 0 Å². The van der Waals surface area contributed by atoms with Gasteiger partial charge in [-0.25, -0.2) is 4.39 Å². The molecule has 20 heavy (non-hydrogen) atoms. The summed E-state index contributed by atoms with van der Waals surface area (Å²) in [5, 5.41) is 3.94. The Hall–Kier alpha value is -0.600. The summed E-state index contributed by atoms with van der Waals surface area (Å²) in [6, 6.07) is 5.29. The van der Waals surface area contributed by atoms with Crippen molar-refractivity contribution in [3.63, 3.8) is 0 Å². The standard InChI is InChI=1S/C17H21ClFN/c18-15-3-1-2-14(16(15)19)10-20-17-7-11-4-12(8-17)6-13(5-11)9-17/h1-3,11-13,20H,4-10H2. The molecule has 5 rings (SSSR count). The lowest BCUT2D eigenvalue weighted by Gasteiger charge is -2.57. The first-order chi connectivity index (χ1) is 9.63. The molecule has 4 aliphatic carbocycles. The topological polar surface area (TPSA) is 12.0 Å². The Morgan fingerprint density at radius 2 is 1.70 bits per heavy atom. The van der Waals surface area contributed by atoms with Crippen molar-refractivity contribution in [2.45, 2.75) is 50.6 Å². The Kier molecular flexibility index (Phi) is 3.08. The summed E-state index contributed by atoms with van der Waals surface area (Å²) in [7, 11) is 0. The number of benzene rings is 1. The second-order valence-electron chi connectivity index (χ2n) is 7.26. The highest BCUT2D eigenvalue weighted by Crippen LogP contribution is 2.55. The summed E-state index contributed by atoms with van der Waals surface area (Å²) in [5.74, 6) is 2.49. The molecule has 0 aliphatic heterocycles. The Morgan fingerprint density at radius 3 is 2.30 bits per heavy atom. The molecule has 0 heterocycles. The average molecular weight is 294 g/mol. The van der Waals surface area contributed by atoms with Crippen molar-refractivity contribution in [2.75, 3.05) is 0 Å². The summed E-state index contributed by atoms with van der Waals surface area (Å²) in [4.78, 5) is 0. The molecule has 4 bridgehead atoms. The van der Waals surface area contributed by atoms with Gasteiger partial charge in [-0.3, -0.25) is 0 Å². The molecular formula is C17H21ClFN. The fourth-order valence-corrected chi connectivity index (χ4v) is 5.49. The summed E-state index contributed by atoms with van der Waals surface area (Å²) in [5.41, 5.74) is 0.983. The van der Waals surface area contributed by atoms with Gasteiger partial charge >= 0.3 is 0 Å². The zero-order valence-corrected chi connectivity index (χ0v) is 12.4. The highest BCUT2D eigenvalue weighted by atomic mass is 35.5. The lowest BCUT2D eigenvalue weighted by molar-refractivity contribution is -0.0207. The Labute approximate surface area is 124 Å². The third kappa shape index (κ3) is 2.17. The van der Waals surface area contributed by atoms with Crippen LogP contribution in [0.2, 0.25) is 5.02 Å². The fourth-order valence-electron chi connectivity index (χ4n) is 5.29. The minimum Gasteiger partial charge on any atom is -0.307 e. The van der Waals surface area contributed by atoms with E-state index in [1.165, 1.54) is 38.5 Å². The number of hydrogen-bond acceptors (Lipinski definition) is 1. The van der Waals surface area contributed by atoms with Crippen molar-refractivity contribution >= 4 is 11.6 Å².